The Morgan fingerprint density at radius 1 is 0.403 bits per heavy atom. The normalized spacial score (nSPS) is 12.8. The second-order valence-corrected chi connectivity index (χ2v) is 20.3. The van der Waals surface area contributed by atoms with Crippen LogP contribution in [0.5, 0.6) is 0 Å². The summed E-state index contributed by atoms with van der Waals surface area (Å²) < 4.78 is 5.44. The number of nitrogens with one attached hydrogen (secondary N) is 1. The molecule has 0 aromatic rings. The molecule has 0 saturated carbocycles. The minimum Gasteiger partial charge on any atom is -0.466 e. The molecular formula is C61H115NO5. The minimum absolute atomic E-state index is 0.0453. The number of aliphatic hydroxyl groups is 2. The van der Waals surface area contributed by atoms with Crippen LogP contribution in [0.2, 0.25) is 0 Å². The third-order valence-electron chi connectivity index (χ3n) is 13.6. The Balaban J connectivity index is 3.54. The van der Waals surface area contributed by atoms with E-state index in [0.717, 1.165) is 77.0 Å². The summed E-state index contributed by atoms with van der Waals surface area (Å²) in [4.78, 5) is 24.5. The Morgan fingerprint density at radius 2 is 0.701 bits per heavy atom. The molecule has 0 aromatic carbocycles. The minimum atomic E-state index is -0.868. The number of ether oxygens (including phenoxy) is 1. The maximum absolute atomic E-state index is 12.5. The highest BCUT2D eigenvalue weighted by Gasteiger charge is 2.18. The smallest absolute Gasteiger partial charge is 0.305 e. The van der Waals surface area contributed by atoms with Crippen LogP contribution >= 0.6 is 0 Å². The Bertz CT molecular complexity index is 1090. The number of aliphatic hydroxyl groups excluding tert-OH is 2. The van der Waals surface area contributed by atoms with Gasteiger partial charge in [-0.2, -0.15) is 0 Å². The zero-order chi connectivity index (χ0) is 48.6. The first-order chi connectivity index (χ1) is 33.0. The van der Waals surface area contributed by atoms with Crippen LogP contribution in [0.1, 0.15) is 316 Å². The molecule has 0 aliphatic carbocycles. The van der Waals surface area contributed by atoms with Crippen molar-refractivity contribution in [1.82, 2.24) is 5.32 Å². The molecule has 1 amide bonds. The third kappa shape index (κ3) is 53.3. The maximum Gasteiger partial charge on any atom is 0.305 e. The molecule has 0 heterocycles. The van der Waals surface area contributed by atoms with Crippen LogP contribution in [0.15, 0.2) is 36.5 Å². The van der Waals surface area contributed by atoms with E-state index in [1.807, 2.05) is 6.08 Å². The summed E-state index contributed by atoms with van der Waals surface area (Å²) >= 11 is 0. The lowest BCUT2D eigenvalue weighted by atomic mass is 10.0. The van der Waals surface area contributed by atoms with Crippen LogP contribution in [0.4, 0.5) is 0 Å². The fraction of sp³-hybridized carbons (Fsp3) is 0.869. The molecule has 6 heteroatoms. The average Bonchev–Trinajstić information content (AvgIpc) is 3.33. The van der Waals surface area contributed by atoms with E-state index in [-0.39, 0.29) is 18.5 Å². The molecule has 0 bridgehead atoms. The number of allylic oxidation sites excluding steroid dienone is 5. The van der Waals surface area contributed by atoms with Crippen LogP contribution in [-0.4, -0.2) is 47.4 Å². The van der Waals surface area contributed by atoms with Gasteiger partial charge in [0.2, 0.25) is 5.91 Å². The van der Waals surface area contributed by atoms with E-state index in [1.165, 1.54) is 212 Å². The van der Waals surface area contributed by atoms with Crippen molar-refractivity contribution in [3.63, 3.8) is 0 Å². The topological polar surface area (TPSA) is 95.9 Å². The van der Waals surface area contributed by atoms with E-state index < -0.39 is 12.1 Å². The van der Waals surface area contributed by atoms with Gasteiger partial charge in [-0.05, 0) is 83.5 Å². The van der Waals surface area contributed by atoms with Crippen LogP contribution in [0.3, 0.4) is 0 Å². The number of amides is 1. The predicted molar refractivity (Wildman–Crippen MR) is 292 cm³/mol. The van der Waals surface area contributed by atoms with E-state index >= 15 is 0 Å². The van der Waals surface area contributed by atoms with Gasteiger partial charge in [-0.15, -0.1) is 0 Å². The van der Waals surface area contributed by atoms with Gasteiger partial charge in [0.25, 0.3) is 0 Å². The summed E-state index contributed by atoms with van der Waals surface area (Å²) in [5.41, 5.74) is 0. The second-order valence-electron chi connectivity index (χ2n) is 20.3. The molecule has 2 unspecified atom stereocenters. The highest BCUT2D eigenvalue weighted by molar-refractivity contribution is 5.76. The van der Waals surface area contributed by atoms with Gasteiger partial charge in [0.05, 0.1) is 25.4 Å². The van der Waals surface area contributed by atoms with Gasteiger partial charge >= 0.3 is 5.97 Å². The third-order valence-corrected chi connectivity index (χ3v) is 13.6. The van der Waals surface area contributed by atoms with Gasteiger partial charge in [0.1, 0.15) is 0 Å². The second kappa shape index (κ2) is 56.7. The monoisotopic (exact) mass is 942 g/mol. The molecule has 2 atom stereocenters. The van der Waals surface area contributed by atoms with Crippen molar-refractivity contribution in [2.75, 3.05) is 13.2 Å². The average molecular weight is 943 g/mol. The Hall–Kier alpha value is -1.92. The van der Waals surface area contributed by atoms with Crippen molar-refractivity contribution < 1.29 is 24.5 Å². The summed E-state index contributed by atoms with van der Waals surface area (Å²) in [6.45, 7) is 4.82. The lowest BCUT2D eigenvalue weighted by molar-refractivity contribution is -0.143. The highest BCUT2D eigenvalue weighted by atomic mass is 16.5. The summed E-state index contributed by atoms with van der Waals surface area (Å²) in [6, 6.07) is -0.655. The van der Waals surface area contributed by atoms with Gasteiger partial charge in [-0.3, -0.25) is 9.59 Å². The van der Waals surface area contributed by atoms with E-state index in [4.69, 9.17) is 4.74 Å². The van der Waals surface area contributed by atoms with E-state index in [1.54, 1.807) is 6.08 Å². The Kier molecular flexibility index (Phi) is 55.0. The molecule has 0 aliphatic rings. The number of esters is 1. The van der Waals surface area contributed by atoms with Crippen LogP contribution in [-0.2, 0) is 14.3 Å². The van der Waals surface area contributed by atoms with Gasteiger partial charge < -0.3 is 20.3 Å². The van der Waals surface area contributed by atoms with E-state index in [2.05, 4.69) is 43.5 Å². The summed E-state index contributed by atoms with van der Waals surface area (Å²) in [5, 5.41) is 23.2. The zero-order valence-corrected chi connectivity index (χ0v) is 44.9. The maximum atomic E-state index is 12.5. The van der Waals surface area contributed by atoms with Crippen molar-refractivity contribution in [1.29, 1.82) is 0 Å². The number of carbonyl (C=O) groups excluding carboxylic acids is 2. The van der Waals surface area contributed by atoms with Crippen molar-refractivity contribution in [3.8, 4) is 0 Å². The van der Waals surface area contributed by atoms with Crippen LogP contribution in [0, 0.1) is 0 Å². The number of carbonyl (C=O) groups is 2. The molecule has 0 rings (SSSR count). The molecule has 0 aliphatic heterocycles. The van der Waals surface area contributed by atoms with Crippen molar-refractivity contribution in [2.24, 2.45) is 0 Å². The number of hydrogen-bond donors (Lipinski definition) is 3. The number of unbranched alkanes of at least 4 members (excludes halogenated alkanes) is 40. The van der Waals surface area contributed by atoms with Gasteiger partial charge in [-0.25, -0.2) is 0 Å². The SMILES string of the molecule is CCCCCCCCC/C=C\CCCCCCCC(=O)OCCCC/C=C\CCCCCCC(=O)NC(CO)C(O)/C=C/CCCCCCCCCCCCCCCCCCCCCCCC. The lowest BCUT2D eigenvalue weighted by Gasteiger charge is -2.20. The summed E-state index contributed by atoms with van der Waals surface area (Å²) in [6.07, 6.45) is 70.3. The lowest BCUT2D eigenvalue weighted by Crippen LogP contribution is -2.45. The predicted octanol–water partition coefficient (Wildman–Crippen LogP) is 18.4. The molecular weight excluding hydrogens is 827 g/mol. The van der Waals surface area contributed by atoms with Gasteiger partial charge in [0, 0.05) is 12.8 Å². The first-order valence-electron chi connectivity index (χ1n) is 29.8. The molecule has 6 nitrogen and oxygen atoms in total. The molecule has 67 heavy (non-hydrogen) atoms. The fourth-order valence-corrected chi connectivity index (χ4v) is 9.03. The van der Waals surface area contributed by atoms with E-state index in [9.17, 15) is 19.8 Å². The molecule has 0 aromatic heterocycles. The first kappa shape index (κ1) is 65.1. The highest BCUT2D eigenvalue weighted by Crippen LogP contribution is 2.17. The van der Waals surface area contributed by atoms with Crippen molar-refractivity contribution in [3.05, 3.63) is 36.5 Å². The molecule has 0 spiro atoms. The van der Waals surface area contributed by atoms with Crippen molar-refractivity contribution >= 4 is 11.9 Å². The molecule has 3 N–H and O–H groups in total. The molecule has 394 valence electrons. The van der Waals surface area contributed by atoms with Gasteiger partial charge in [-0.1, -0.05) is 256 Å². The van der Waals surface area contributed by atoms with Crippen LogP contribution < -0.4 is 5.32 Å². The van der Waals surface area contributed by atoms with Gasteiger partial charge in [0.15, 0.2) is 0 Å². The fourth-order valence-electron chi connectivity index (χ4n) is 9.03. The molecule has 0 radical (unpaired) electrons. The Labute approximate surface area is 417 Å². The zero-order valence-electron chi connectivity index (χ0n) is 44.9. The Morgan fingerprint density at radius 3 is 1.06 bits per heavy atom. The van der Waals surface area contributed by atoms with Crippen LogP contribution in [0.25, 0.3) is 0 Å². The summed E-state index contributed by atoms with van der Waals surface area (Å²) in [5.74, 6) is -0.147. The molecule has 0 fully saturated rings. The van der Waals surface area contributed by atoms with E-state index in [0.29, 0.717) is 19.4 Å². The summed E-state index contributed by atoms with van der Waals surface area (Å²) in [7, 11) is 0. The standard InChI is InChI=1S/C61H115NO5/c1-3-5-7-9-11-13-15-17-19-21-22-23-24-25-26-27-28-29-31-33-37-41-45-49-53-59(64)58(57-63)62-60(65)54-50-46-42-38-35-36-40-44-48-52-56-67-61(66)55-51-47-43-39-34-32-30-20-18-16-14-12-10-8-6-4-2/h20,30,36,40,49,53,58-59,63-64H,3-19,21-29,31-35,37-39,41-48,50-52,54-57H2,1-2H3,(H,62,65)/b30-20-,40-36-,53-49+. The quantitative estimate of drug-likeness (QED) is 0.0321. The number of rotatable bonds is 55. The number of hydrogen-bond acceptors (Lipinski definition) is 5. The van der Waals surface area contributed by atoms with Crippen molar-refractivity contribution in [2.45, 2.75) is 328 Å². The largest absolute Gasteiger partial charge is 0.466 e. The molecule has 0 saturated heterocycles. The first-order valence-corrected chi connectivity index (χ1v) is 29.8.